The van der Waals surface area contributed by atoms with E-state index in [1.54, 1.807) is 32.3 Å². The third kappa shape index (κ3) is 5.65. The van der Waals surface area contributed by atoms with Crippen LogP contribution in [0.5, 0.6) is 0 Å². The smallest absolute Gasteiger partial charge is 0.236 e. The fourth-order valence-corrected chi connectivity index (χ4v) is 2.26. The van der Waals surface area contributed by atoms with Crippen molar-refractivity contribution in [3.05, 3.63) is 33.8 Å². The van der Waals surface area contributed by atoms with Gasteiger partial charge >= 0.3 is 0 Å². The van der Waals surface area contributed by atoms with Crippen molar-refractivity contribution < 1.29 is 9.59 Å². The van der Waals surface area contributed by atoms with Crippen LogP contribution in [0, 0.1) is 0 Å². The molecule has 1 rings (SSSR count). The van der Waals surface area contributed by atoms with Gasteiger partial charge in [-0.15, -0.1) is 0 Å². The first-order chi connectivity index (χ1) is 9.85. The predicted molar refractivity (Wildman–Crippen MR) is 86.2 cm³/mol. The molecule has 0 spiro atoms. The van der Waals surface area contributed by atoms with Crippen LogP contribution in [0.4, 0.5) is 0 Å². The largest absolute Gasteiger partial charge is 0.348 e. The Morgan fingerprint density at radius 3 is 2.38 bits per heavy atom. The Morgan fingerprint density at radius 2 is 1.81 bits per heavy atom. The van der Waals surface area contributed by atoms with Crippen LogP contribution in [0.25, 0.3) is 0 Å². The SMILES string of the molecule is CCCN(CC(=O)c1cc(Cl)ccc1Cl)CC(=O)N(C)C. The van der Waals surface area contributed by atoms with Crippen molar-refractivity contribution in [2.75, 3.05) is 33.7 Å². The summed E-state index contributed by atoms with van der Waals surface area (Å²) in [5, 5.41) is 0.842. The molecule has 0 unspecified atom stereocenters. The van der Waals surface area contributed by atoms with Crippen LogP contribution in [0.1, 0.15) is 23.7 Å². The second kappa shape index (κ2) is 8.37. The molecule has 4 nitrogen and oxygen atoms in total. The van der Waals surface area contributed by atoms with Gasteiger partial charge in [0.1, 0.15) is 0 Å². The zero-order valence-electron chi connectivity index (χ0n) is 12.5. The van der Waals surface area contributed by atoms with Crippen LogP contribution in [0.15, 0.2) is 18.2 Å². The maximum atomic E-state index is 12.3. The van der Waals surface area contributed by atoms with Gasteiger partial charge in [-0.2, -0.15) is 0 Å². The van der Waals surface area contributed by atoms with Crippen LogP contribution >= 0.6 is 23.2 Å². The lowest BCUT2D eigenvalue weighted by Gasteiger charge is -2.22. The number of carbonyl (C=O) groups excluding carboxylic acids is 2. The highest BCUT2D eigenvalue weighted by Gasteiger charge is 2.18. The Labute approximate surface area is 135 Å². The van der Waals surface area contributed by atoms with E-state index in [4.69, 9.17) is 23.2 Å². The molecule has 1 aromatic carbocycles. The summed E-state index contributed by atoms with van der Waals surface area (Å²) in [5.74, 6) is -0.170. The van der Waals surface area contributed by atoms with Gasteiger partial charge in [-0.05, 0) is 31.2 Å². The summed E-state index contributed by atoms with van der Waals surface area (Å²) in [6.45, 7) is 3.03. The monoisotopic (exact) mass is 330 g/mol. The van der Waals surface area contributed by atoms with Crippen LogP contribution in [0.3, 0.4) is 0 Å². The average molecular weight is 331 g/mol. The van der Waals surface area contributed by atoms with Gasteiger partial charge in [0.25, 0.3) is 0 Å². The maximum absolute atomic E-state index is 12.3. The predicted octanol–water partition coefficient (Wildman–Crippen LogP) is 2.98. The number of benzene rings is 1. The molecule has 0 aliphatic rings. The zero-order chi connectivity index (χ0) is 16.0. The molecule has 0 atom stereocenters. The number of halogens is 2. The van der Waals surface area contributed by atoms with Crippen LogP contribution in [-0.2, 0) is 4.79 Å². The molecule has 0 saturated carbocycles. The molecular formula is C15H20Cl2N2O2. The van der Waals surface area contributed by atoms with Crippen molar-refractivity contribution in [2.45, 2.75) is 13.3 Å². The molecule has 116 valence electrons. The summed E-state index contributed by atoms with van der Waals surface area (Å²) >= 11 is 11.9. The summed E-state index contributed by atoms with van der Waals surface area (Å²) in [4.78, 5) is 27.5. The van der Waals surface area contributed by atoms with E-state index in [1.165, 1.54) is 4.90 Å². The number of Topliss-reactive ketones (excluding diaryl/α,β-unsaturated/α-hetero) is 1. The fourth-order valence-electron chi connectivity index (χ4n) is 1.86. The van der Waals surface area contributed by atoms with E-state index in [-0.39, 0.29) is 24.8 Å². The topological polar surface area (TPSA) is 40.6 Å². The Balaban J connectivity index is 2.80. The molecule has 0 heterocycles. The zero-order valence-corrected chi connectivity index (χ0v) is 14.0. The van der Waals surface area contributed by atoms with Crippen LogP contribution in [-0.4, -0.2) is 55.2 Å². The lowest BCUT2D eigenvalue weighted by atomic mass is 10.1. The van der Waals surface area contributed by atoms with E-state index in [9.17, 15) is 9.59 Å². The number of amides is 1. The van der Waals surface area contributed by atoms with Crippen molar-refractivity contribution in [3.63, 3.8) is 0 Å². The van der Waals surface area contributed by atoms with Crippen molar-refractivity contribution in [1.82, 2.24) is 9.80 Å². The summed E-state index contributed by atoms with van der Waals surface area (Å²) < 4.78 is 0. The number of hydrogen-bond acceptors (Lipinski definition) is 3. The average Bonchev–Trinajstić information content (AvgIpc) is 2.41. The van der Waals surface area contributed by atoms with Crippen molar-refractivity contribution >= 4 is 34.9 Å². The van der Waals surface area contributed by atoms with Crippen molar-refractivity contribution in [1.29, 1.82) is 0 Å². The lowest BCUT2D eigenvalue weighted by Crippen LogP contribution is -2.39. The van der Waals surface area contributed by atoms with Gasteiger partial charge in [-0.3, -0.25) is 14.5 Å². The Bertz CT molecular complexity index is 518. The van der Waals surface area contributed by atoms with E-state index in [0.29, 0.717) is 22.2 Å². The molecule has 1 amide bonds. The number of hydrogen-bond donors (Lipinski definition) is 0. The quantitative estimate of drug-likeness (QED) is 0.721. The molecule has 0 radical (unpaired) electrons. The second-order valence-corrected chi connectivity index (χ2v) is 5.89. The van der Waals surface area contributed by atoms with Gasteiger partial charge in [0, 0.05) is 24.7 Å². The van der Waals surface area contributed by atoms with Crippen LogP contribution < -0.4 is 0 Å². The van der Waals surface area contributed by atoms with Gasteiger partial charge in [0.15, 0.2) is 5.78 Å². The summed E-state index contributed by atoms with van der Waals surface area (Å²) in [7, 11) is 3.39. The first kappa shape index (κ1) is 18.0. The van der Waals surface area contributed by atoms with Gasteiger partial charge in [0.2, 0.25) is 5.91 Å². The molecule has 1 aromatic rings. The molecule has 21 heavy (non-hydrogen) atoms. The molecule has 6 heteroatoms. The second-order valence-electron chi connectivity index (χ2n) is 5.05. The third-order valence-corrected chi connectivity index (χ3v) is 3.56. The van der Waals surface area contributed by atoms with Crippen molar-refractivity contribution in [2.24, 2.45) is 0 Å². The highest BCUT2D eigenvalue weighted by atomic mass is 35.5. The molecular weight excluding hydrogens is 311 g/mol. The molecule has 0 N–H and O–H groups in total. The number of nitrogens with zero attached hydrogens (tertiary/aromatic N) is 2. The van der Waals surface area contributed by atoms with Gasteiger partial charge in [0.05, 0.1) is 18.1 Å². The molecule has 0 bridgehead atoms. The number of rotatable bonds is 7. The molecule has 0 aliphatic carbocycles. The van der Waals surface area contributed by atoms with E-state index in [2.05, 4.69) is 0 Å². The minimum atomic E-state index is -0.137. The fraction of sp³-hybridized carbons (Fsp3) is 0.467. The lowest BCUT2D eigenvalue weighted by molar-refractivity contribution is -0.129. The number of carbonyl (C=O) groups is 2. The number of ketones is 1. The summed E-state index contributed by atoms with van der Waals surface area (Å²) in [6, 6.07) is 4.80. The molecule has 0 aromatic heterocycles. The highest BCUT2D eigenvalue weighted by Crippen LogP contribution is 2.21. The normalized spacial score (nSPS) is 10.8. The molecule has 0 fully saturated rings. The van der Waals surface area contributed by atoms with E-state index in [0.717, 1.165) is 6.42 Å². The van der Waals surface area contributed by atoms with Gasteiger partial charge in [-0.1, -0.05) is 30.1 Å². The third-order valence-electron chi connectivity index (χ3n) is 2.99. The van der Waals surface area contributed by atoms with Gasteiger partial charge in [-0.25, -0.2) is 0 Å². The Kier molecular flexibility index (Phi) is 7.15. The molecule has 0 aliphatic heterocycles. The Hall–Kier alpha value is -1.10. The summed E-state index contributed by atoms with van der Waals surface area (Å²) in [5.41, 5.74) is 0.391. The summed E-state index contributed by atoms with van der Waals surface area (Å²) in [6.07, 6.45) is 0.858. The van der Waals surface area contributed by atoms with E-state index in [1.807, 2.05) is 11.8 Å². The first-order valence-corrected chi connectivity index (χ1v) is 7.51. The maximum Gasteiger partial charge on any atom is 0.236 e. The van der Waals surface area contributed by atoms with Crippen molar-refractivity contribution in [3.8, 4) is 0 Å². The first-order valence-electron chi connectivity index (χ1n) is 6.76. The highest BCUT2D eigenvalue weighted by molar-refractivity contribution is 6.36. The van der Waals surface area contributed by atoms with Gasteiger partial charge < -0.3 is 4.90 Å². The van der Waals surface area contributed by atoms with E-state index < -0.39 is 0 Å². The minimum Gasteiger partial charge on any atom is -0.348 e. The van der Waals surface area contributed by atoms with Crippen LogP contribution in [0.2, 0.25) is 10.0 Å². The minimum absolute atomic E-state index is 0.0339. The Morgan fingerprint density at radius 1 is 1.14 bits per heavy atom. The number of likely N-dealkylation sites (N-methyl/N-ethyl adjacent to an activating group) is 1. The molecule has 0 saturated heterocycles. The van der Waals surface area contributed by atoms with E-state index >= 15 is 0 Å². The standard InChI is InChI=1S/C15H20Cl2N2O2/c1-4-7-19(10-15(21)18(2)3)9-14(20)12-8-11(16)5-6-13(12)17/h5-6,8H,4,7,9-10H2,1-3H3.